The van der Waals surface area contributed by atoms with Gasteiger partial charge in [-0.3, -0.25) is 4.79 Å². The summed E-state index contributed by atoms with van der Waals surface area (Å²) in [4.78, 5) is 10.6. The number of ether oxygens (including phenoxy) is 1. The molecule has 5 nitrogen and oxygen atoms in total. The molecule has 0 spiro atoms. The number of rotatable bonds is 5. The molecule has 8 heteroatoms. The Labute approximate surface area is 116 Å². The summed E-state index contributed by atoms with van der Waals surface area (Å²) in [5.41, 5.74) is 0. The maximum Gasteiger partial charge on any atom is 0.321 e. The molecule has 0 saturated heterocycles. The molecule has 20 heavy (non-hydrogen) atoms. The fraction of sp³-hybridized carbons (Fsp3) is 0.417. The highest BCUT2D eigenvalue weighted by Gasteiger charge is 2.31. The maximum absolute atomic E-state index is 13.6. The number of esters is 1. The summed E-state index contributed by atoms with van der Waals surface area (Å²) in [6.45, 7) is 2.51. The molecule has 0 unspecified atom stereocenters. The van der Waals surface area contributed by atoms with Crippen LogP contribution in [0.3, 0.4) is 0 Å². The lowest BCUT2D eigenvalue weighted by molar-refractivity contribution is -0.141. The highest BCUT2D eigenvalue weighted by atomic mass is 32.2. The van der Waals surface area contributed by atoms with Gasteiger partial charge in [0.25, 0.3) is 0 Å². The van der Waals surface area contributed by atoms with Gasteiger partial charge in [0, 0.05) is 12.1 Å². The first-order chi connectivity index (χ1) is 9.20. The first-order valence-electron chi connectivity index (χ1n) is 5.74. The van der Waals surface area contributed by atoms with Gasteiger partial charge in [-0.2, -0.15) is 4.31 Å². The van der Waals surface area contributed by atoms with Gasteiger partial charge in [-0.05, 0) is 26.0 Å². The molecule has 1 aromatic rings. The van der Waals surface area contributed by atoms with Crippen LogP contribution in [0.25, 0.3) is 0 Å². The molecule has 0 atom stereocenters. The van der Waals surface area contributed by atoms with E-state index < -0.39 is 45.1 Å². The largest absolute Gasteiger partial charge is 0.468 e. The van der Waals surface area contributed by atoms with Gasteiger partial charge < -0.3 is 4.74 Å². The van der Waals surface area contributed by atoms with E-state index in [0.717, 1.165) is 23.5 Å². The van der Waals surface area contributed by atoms with Crippen molar-refractivity contribution >= 4 is 16.0 Å². The van der Waals surface area contributed by atoms with Gasteiger partial charge in [0.2, 0.25) is 10.0 Å². The van der Waals surface area contributed by atoms with Gasteiger partial charge in [-0.1, -0.05) is 0 Å². The first-order valence-corrected chi connectivity index (χ1v) is 7.18. The molecule has 1 aromatic carbocycles. The Hall–Kier alpha value is -1.54. The second kappa shape index (κ2) is 6.27. The van der Waals surface area contributed by atoms with Crippen LogP contribution >= 0.6 is 0 Å². The smallest absolute Gasteiger partial charge is 0.321 e. The zero-order chi connectivity index (χ0) is 15.5. The molecule has 0 N–H and O–H groups in total. The second-order valence-corrected chi connectivity index (χ2v) is 6.15. The molecule has 112 valence electrons. The van der Waals surface area contributed by atoms with Crippen molar-refractivity contribution in [3.05, 3.63) is 29.8 Å². The summed E-state index contributed by atoms with van der Waals surface area (Å²) in [5, 5.41) is 0. The molecule has 0 radical (unpaired) electrons. The number of methoxy groups -OCH3 is 1. The van der Waals surface area contributed by atoms with E-state index in [1.165, 1.54) is 13.8 Å². The average molecular weight is 307 g/mol. The Bertz CT molecular complexity index is 601. The van der Waals surface area contributed by atoms with Crippen LogP contribution in [0.15, 0.2) is 23.1 Å². The molecule has 0 aliphatic heterocycles. The molecule has 0 bridgehead atoms. The van der Waals surface area contributed by atoms with Crippen LogP contribution in [0, 0.1) is 11.6 Å². The number of halogens is 2. The molecule has 0 saturated carbocycles. The number of carbonyl (C=O) groups is 1. The molecular formula is C12H15F2NO4S. The van der Waals surface area contributed by atoms with Crippen LogP contribution < -0.4 is 0 Å². The van der Waals surface area contributed by atoms with Crippen molar-refractivity contribution < 1.29 is 26.7 Å². The third-order valence-corrected chi connectivity index (χ3v) is 4.62. The minimum Gasteiger partial charge on any atom is -0.468 e. The van der Waals surface area contributed by atoms with Gasteiger partial charge in [0.15, 0.2) is 0 Å². The van der Waals surface area contributed by atoms with Gasteiger partial charge in [-0.25, -0.2) is 17.2 Å². The number of hydrogen-bond acceptors (Lipinski definition) is 4. The minimum atomic E-state index is -4.26. The standard InChI is InChI=1S/C12H15F2NO4S/c1-8(2)15(7-12(16)19-3)20(17,18)11-5-4-9(13)6-10(11)14/h4-6,8H,7H2,1-3H3. The quantitative estimate of drug-likeness (QED) is 0.774. The van der Waals surface area contributed by atoms with Crippen molar-refractivity contribution in [3.8, 4) is 0 Å². The van der Waals surface area contributed by atoms with E-state index in [-0.39, 0.29) is 0 Å². The van der Waals surface area contributed by atoms with E-state index in [9.17, 15) is 22.0 Å². The van der Waals surface area contributed by atoms with E-state index >= 15 is 0 Å². The Morgan fingerprint density at radius 3 is 2.40 bits per heavy atom. The van der Waals surface area contributed by atoms with Gasteiger partial charge in [0.1, 0.15) is 23.1 Å². The minimum absolute atomic E-state index is 0.476. The summed E-state index contributed by atoms with van der Waals surface area (Å²) >= 11 is 0. The van der Waals surface area contributed by atoms with Crippen LogP contribution in [-0.4, -0.2) is 38.4 Å². The monoisotopic (exact) mass is 307 g/mol. The van der Waals surface area contributed by atoms with Crippen molar-refractivity contribution in [2.24, 2.45) is 0 Å². The summed E-state index contributed by atoms with van der Waals surface area (Å²) < 4.78 is 56.3. The molecule has 0 aliphatic rings. The number of sulfonamides is 1. The number of nitrogens with zero attached hydrogens (tertiary/aromatic N) is 1. The fourth-order valence-corrected chi connectivity index (χ4v) is 3.18. The third-order valence-electron chi connectivity index (χ3n) is 2.57. The Morgan fingerprint density at radius 1 is 1.35 bits per heavy atom. The van der Waals surface area contributed by atoms with Gasteiger partial charge in [-0.15, -0.1) is 0 Å². The van der Waals surface area contributed by atoms with Crippen LogP contribution in [0.1, 0.15) is 13.8 Å². The molecule has 1 rings (SSSR count). The van der Waals surface area contributed by atoms with Crippen molar-refractivity contribution in [2.45, 2.75) is 24.8 Å². The van der Waals surface area contributed by atoms with Crippen molar-refractivity contribution in [1.82, 2.24) is 4.31 Å². The summed E-state index contributed by atoms with van der Waals surface area (Å²) in [5.74, 6) is -2.86. The molecule has 0 amide bonds. The predicted molar refractivity (Wildman–Crippen MR) is 67.4 cm³/mol. The molecular weight excluding hydrogens is 292 g/mol. The lowest BCUT2D eigenvalue weighted by atomic mass is 10.3. The van der Waals surface area contributed by atoms with Gasteiger partial charge in [0.05, 0.1) is 7.11 Å². The van der Waals surface area contributed by atoms with E-state index in [0.29, 0.717) is 6.07 Å². The van der Waals surface area contributed by atoms with Crippen LogP contribution in [0.2, 0.25) is 0 Å². The first kappa shape index (κ1) is 16.5. The molecule has 0 fully saturated rings. The third kappa shape index (κ3) is 3.51. The van der Waals surface area contributed by atoms with E-state index in [1.54, 1.807) is 0 Å². The topological polar surface area (TPSA) is 63.7 Å². The Balaban J connectivity index is 3.26. The Kier molecular flexibility index (Phi) is 5.18. The Morgan fingerprint density at radius 2 is 1.95 bits per heavy atom. The fourth-order valence-electron chi connectivity index (χ4n) is 1.55. The van der Waals surface area contributed by atoms with Gasteiger partial charge >= 0.3 is 5.97 Å². The molecule has 0 aliphatic carbocycles. The van der Waals surface area contributed by atoms with E-state index in [4.69, 9.17) is 0 Å². The van der Waals surface area contributed by atoms with E-state index in [1.807, 2.05) is 0 Å². The van der Waals surface area contributed by atoms with Crippen molar-refractivity contribution in [1.29, 1.82) is 0 Å². The average Bonchev–Trinajstić information content (AvgIpc) is 2.34. The summed E-state index contributed by atoms with van der Waals surface area (Å²) in [7, 11) is -3.15. The highest BCUT2D eigenvalue weighted by molar-refractivity contribution is 7.89. The van der Waals surface area contributed by atoms with Crippen LogP contribution in [0.4, 0.5) is 8.78 Å². The second-order valence-electron chi connectivity index (χ2n) is 4.29. The SMILES string of the molecule is COC(=O)CN(C(C)C)S(=O)(=O)c1ccc(F)cc1F. The van der Waals surface area contributed by atoms with Crippen LogP contribution in [0.5, 0.6) is 0 Å². The van der Waals surface area contributed by atoms with E-state index in [2.05, 4.69) is 4.74 Å². The zero-order valence-corrected chi connectivity index (χ0v) is 12.1. The number of benzene rings is 1. The highest BCUT2D eigenvalue weighted by Crippen LogP contribution is 2.21. The van der Waals surface area contributed by atoms with Crippen molar-refractivity contribution in [2.75, 3.05) is 13.7 Å². The summed E-state index contributed by atoms with van der Waals surface area (Å²) in [6.07, 6.45) is 0. The lowest BCUT2D eigenvalue weighted by Gasteiger charge is -2.24. The number of hydrogen-bond donors (Lipinski definition) is 0. The maximum atomic E-state index is 13.6. The number of carbonyl (C=O) groups excluding carboxylic acids is 1. The molecule has 0 aromatic heterocycles. The normalized spacial score (nSPS) is 11.9. The lowest BCUT2D eigenvalue weighted by Crippen LogP contribution is -2.41. The predicted octanol–water partition coefficient (Wildman–Crippen LogP) is 1.54. The van der Waals surface area contributed by atoms with Crippen molar-refractivity contribution in [3.63, 3.8) is 0 Å². The van der Waals surface area contributed by atoms with Crippen LogP contribution in [-0.2, 0) is 19.6 Å². The summed E-state index contributed by atoms with van der Waals surface area (Å²) in [6, 6.07) is 1.55. The zero-order valence-electron chi connectivity index (χ0n) is 11.3. The molecule has 0 heterocycles.